The fourth-order valence-electron chi connectivity index (χ4n) is 1.81. The Morgan fingerprint density at radius 1 is 1.50 bits per heavy atom. The molecule has 0 aliphatic heterocycles. The van der Waals surface area contributed by atoms with Gasteiger partial charge in [-0.05, 0) is 18.4 Å². The molecule has 0 aliphatic carbocycles. The largest absolute Gasteiger partial charge is 0.396 e. The molecule has 2 aromatic rings. The van der Waals surface area contributed by atoms with E-state index in [-0.39, 0.29) is 18.4 Å². The maximum absolute atomic E-state index is 12.0. The quantitative estimate of drug-likeness (QED) is 0.745. The zero-order valence-corrected chi connectivity index (χ0v) is 10.3. The lowest BCUT2D eigenvalue weighted by atomic mass is 10.1. The zero-order chi connectivity index (χ0) is 13.0. The van der Waals surface area contributed by atoms with Crippen molar-refractivity contribution in [3.8, 4) is 0 Å². The summed E-state index contributed by atoms with van der Waals surface area (Å²) in [5.74, 6) is 0.0707. The van der Waals surface area contributed by atoms with Gasteiger partial charge in [0, 0.05) is 18.5 Å². The minimum Gasteiger partial charge on any atom is -0.396 e. The van der Waals surface area contributed by atoms with E-state index in [1.54, 1.807) is 0 Å². The number of aromatic nitrogens is 2. The molecule has 1 unspecified atom stereocenters. The van der Waals surface area contributed by atoms with Gasteiger partial charge in [0.25, 0.3) is 5.91 Å². The number of carbonyl (C=O) groups excluding carboxylic acids is 1. The number of aliphatic hydroxyl groups is 1. The maximum Gasteiger partial charge on any atom is 0.272 e. The van der Waals surface area contributed by atoms with Crippen LogP contribution >= 0.6 is 0 Å². The number of aliphatic hydroxyl groups excluding tert-OH is 1. The van der Waals surface area contributed by atoms with Gasteiger partial charge >= 0.3 is 0 Å². The molecule has 0 aliphatic rings. The van der Waals surface area contributed by atoms with E-state index in [1.165, 1.54) is 0 Å². The Balaban J connectivity index is 2.05. The third-order valence-corrected chi connectivity index (χ3v) is 2.92. The normalized spacial score (nSPS) is 12.6. The molecule has 0 spiro atoms. The third-order valence-electron chi connectivity index (χ3n) is 2.92. The van der Waals surface area contributed by atoms with E-state index in [2.05, 4.69) is 15.5 Å². The smallest absolute Gasteiger partial charge is 0.272 e. The number of nitrogens with one attached hydrogen (secondary N) is 2. The van der Waals surface area contributed by atoms with E-state index in [9.17, 15) is 4.79 Å². The molecule has 96 valence electrons. The molecule has 18 heavy (non-hydrogen) atoms. The second kappa shape index (κ2) is 5.64. The highest BCUT2D eigenvalue weighted by Crippen LogP contribution is 2.14. The molecular weight excluding hydrogens is 230 g/mol. The van der Waals surface area contributed by atoms with Crippen molar-refractivity contribution in [2.45, 2.75) is 13.3 Å². The fourth-order valence-corrected chi connectivity index (χ4v) is 1.81. The topological polar surface area (TPSA) is 78.0 Å². The number of nitrogens with zero attached hydrogens (tertiary/aromatic N) is 1. The highest BCUT2D eigenvalue weighted by molar-refractivity contribution is 6.04. The summed E-state index contributed by atoms with van der Waals surface area (Å²) in [4.78, 5) is 12.0. The van der Waals surface area contributed by atoms with E-state index in [4.69, 9.17) is 5.11 Å². The minimum absolute atomic E-state index is 0.141. The van der Waals surface area contributed by atoms with Crippen LogP contribution in [-0.4, -0.2) is 34.4 Å². The van der Waals surface area contributed by atoms with E-state index in [0.29, 0.717) is 18.7 Å². The Bertz CT molecular complexity index is 536. The summed E-state index contributed by atoms with van der Waals surface area (Å²) in [6.45, 7) is 2.67. The second-order valence-electron chi connectivity index (χ2n) is 4.45. The summed E-state index contributed by atoms with van der Waals surface area (Å²) in [5, 5.41) is 19.3. The zero-order valence-electron chi connectivity index (χ0n) is 10.3. The molecule has 2 rings (SSSR count). The molecular formula is C13H17N3O2. The third kappa shape index (κ3) is 2.68. The SMILES string of the molecule is CC(CCO)CNC(=O)c1n[nH]c2ccccc12. The van der Waals surface area contributed by atoms with Gasteiger partial charge in [-0.25, -0.2) is 0 Å². The Morgan fingerprint density at radius 2 is 2.28 bits per heavy atom. The number of para-hydroxylation sites is 1. The van der Waals surface area contributed by atoms with Crippen LogP contribution < -0.4 is 5.32 Å². The van der Waals surface area contributed by atoms with Gasteiger partial charge in [-0.1, -0.05) is 25.1 Å². The molecule has 1 amide bonds. The molecule has 1 atom stereocenters. The summed E-state index contributed by atoms with van der Waals surface area (Å²) >= 11 is 0. The van der Waals surface area contributed by atoms with Gasteiger partial charge in [0.05, 0.1) is 5.52 Å². The maximum atomic E-state index is 12.0. The van der Waals surface area contributed by atoms with Crippen LogP contribution in [0, 0.1) is 5.92 Å². The summed E-state index contributed by atoms with van der Waals surface area (Å²) in [6.07, 6.45) is 0.682. The summed E-state index contributed by atoms with van der Waals surface area (Å²) < 4.78 is 0. The standard InChI is InChI=1S/C13H17N3O2/c1-9(6-7-17)8-14-13(18)12-10-4-2-3-5-11(10)15-16-12/h2-5,9,17H,6-8H2,1H3,(H,14,18)(H,15,16). The molecule has 0 saturated carbocycles. The molecule has 1 aromatic heterocycles. The first kappa shape index (κ1) is 12.6. The number of hydrogen-bond donors (Lipinski definition) is 3. The predicted molar refractivity (Wildman–Crippen MR) is 69.3 cm³/mol. The fraction of sp³-hybridized carbons (Fsp3) is 0.385. The Morgan fingerprint density at radius 3 is 3.06 bits per heavy atom. The van der Waals surface area contributed by atoms with Gasteiger partial charge in [-0.3, -0.25) is 9.89 Å². The lowest BCUT2D eigenvalue weighted by Crippen LogP contribution is -2.29. The van der Waals surface area contributed by atoms with E-state index in [1.807, 2.05) is 31.2 Å². The summed E-state index contributed by atoms with van der Waals surface area (Å²) in [6, 6.07) is 7.52. The first-order valence-corrected chi connectivity index (χ1v) is 6.04. The number of hydrogen-bond acceptors (Lipinski definition) is 3. The van der Waals surface area contributed by atoms with Gasteiger partial charge in [0.2, 0.25) is 0 Å². The van der Waals surface area contributed by atoms with Crippen LogP contribution in [0.1, 0.15) is 23.8 Å². The van der Waals surface area contributed by atoms with Gasteiger partial charge in [-0.2, -0.15) is 5.10 Å². The molecule has 0 fully saturated rings. The van der Waals surface area contributed by atoms with Gasteiger partial charge in [0.1, 0.15) is 0 Å². The first-order valence-electron chi connectivity index (χ1n) is 6.04. The van der Waals surface area contributed by atoms with Crippen LogP contribution in [0.2, 0.25) is 0 Å². The van der Waals surface area contributed by atoms with Crippen LogP contribution in [0.4, 0.5) is 0 Å². The summed E-state index contributed by atoms with van der Waals surface area (Å²) in [5.41, 5.74) is 1.27. The monoisotopic (exact) mass is 247 g/mol. The Labute approximate surface area is 105 Å². The molecule has 5 nitrogen and oxygen atoms in total. The number of amides is 1. The molecule has 5 heteroatoms. The number of rotatable bonds is 5. The summed E-state index contributed by atoms with van der Waals surface area (Å²) in [7, 11) is 0. The second-order valence-corrected chi connectivity index (χ2v) is 4.45. The highest BCUT2D eigenvalue weighted by Gasteiger charge is 2.14. The number of benzene rings is 1. The Kier molecular flexibility index (Phi) is 3.94. The van der Waals surface area contributed by atoms with Crippen LogP contribution in [0.25, 0.3) is 10.9 Å². The lowest BCUT2D eigenvalue weighted by Gasteiger charge is -2.10. The van der Waals surface area contributed by atoms with Gasteiger partial charge in [-0.15, -0.1) is 0 Å². The van der Waals surface area contributed by atoms with Crippen molar-refractivity contribution in [1.82, 2.24) is 15.5 Å². The van der Waals surface area contributed by atoms with E-state index < -0.39 is 0 Å². The average Bonchev–Trinajstić information content (AvgIpc) is 2.80. The molecule has 0 bridgehead atoms. The number of carbonyl (C=O) groups is 1. The number of H-pyrrole nitrogens is 1. The van der Waals surface area contributed by atoms with Crippen molar-refractivity contribution in [3.05, 3.63) is 30.0 Å². The highest BCUT2D eigenvalue weighted by atomic mass is 16.3. The van der Waals surface area contributed by atoms with Gasteiger partial charge in [0.15, 0.2) is 5.69 Å². The molecule has 1 heterocycles. The van der Waals surface area contributed by atoms with Crippen molar-refractivity contribution < 1.29 is 9.90 Å². The predicted octanol–water partition coefficient (Wildman–Crippen LogP) is 1.31. The van der Waals surface area contributed by atoms with Crippen LogP contribution in [0.15, 0.2) is 24.3 Å². The lowest BCUT2D eigenvalue weighted by molar-refractivity contribution is 0.0942. The Hall–Kier alpha value is -1.88. The van der Waals surface area contributed by atoms with Crippen molar-refractivity contribution in [2.75, 3.05) is 13.2 Å². The van der Waals surface area contributed by atoms with Crippen LogP contribution in [0.3, 0.4) is 0 Å². The van der Waals surface area contributed by atoms with Crippen LogP contribution in [-0.2, 0) is 0 Å². The number of fused-ring (bicyclic) bond motifs is 1. The minimum atomic E-state index is -0.183. The number of aromatic amines is 1. The van der Waals surface area contributed by atoms with Gasteiger partial charge < -0.3 is 10.4 Å². The van der Waals surface area contributed by atoms with Crippen molar-refractivity contribution in [2.24, 2.45) is 5.92 Å². The molecule has 3 N–H and O–H groups in total. The van der Waals surface area contributed by atoms with Crippen LogP contribution in [0.5, 0.6) is 0 Å². The van der Waals surface area contributed by atoms with E-state index >= 15 is 0 Å². The van der Waals surface area contributed by atoms with Crippen molar-refractivity contribution in [3.63, 3.8) is 0 Å². The molecule has 0 saturated heterocycles. The van der Waals surface area contributed by atoms with Crippen molar-refractivity contribution in [1.29, 1.82) is 0 Å². The molecule has 1 aromatic carbocycles. The molecule has 0 radical (unpaired) electrons. The van der Waals surface area contributed by atoms with E-state index in [0.717, 1.165) is 10.9 Å². The van der Waals surface area contributed by atoms with Crippen molar-refractivity contribution >= 4 is 16.8 Å². The first-order chi connectivity index (χ1) is 8.72. The average molecular weight is 247 g/mol.